The summed E-state index contributed by atoms with van der Waals surface area (Å²) in [5.41, 5.74) is 7.69. The number of benzene rings is 2. The van der Waals surface area contributed by atoms with E-state index >= 15 is 0 Å². The Balaban J connectivity index is 2.09. The fourth-order valence-electron chi connectivity index (χ4n) is 2.23. The molecule has 0 spiro atoms. The van der Waals surface area contributed by atoms with Crippen molar-refractivity contribution in [3.8, 4) is 5.75 Å². The van der Waals surface area contributed by atoms with Crippen molar-refractivity contribution < 1.29 is 4.74 Å². The molecule has 1 aromatic heterocycles. The van der Waals surface area contributed by atoms with E-state index in [1.807, 2.05) is 18.2 Å². The number of para-hydroxylation sites is 2. The number of hydrogen-bond acceptors (Lipinski definition) is 2. The first-order valence-corrected chi connectivity index (χ1v) is 6.22. The van der Waals surface area contributed by atoms with Gasteiger partial charge in [0.1, 0.15) is 5.75 Å². The maximum atomic E-state index is 5.78. The molecule has 0 aliphatic carbocycles. The average Bonchev–Trinajstić information content (AvgIpc) is 2.79. The smallest absolute Gasteiger partial charge is 0.143 e. The number of aromatic amines is 1. The average molecular weight is 240 g/mol. The topological polar surface area (TPSA) is 51.0 Å². The Morgan fingerprint density at radius 3 is 2.72 bits per heavy atom. The van der Waals surface area contributed by atoms with Gasteiger partial charge in [-0.25, -0.2) is 0 Å². The van der Waals surface area contributed by atoms with Gasteiger partial charge in [-0.3, -0.25) is 0 Å². The minimum absolute atomic E-state index is 0.655. The molecule has 0 amide bonds. The molecular formula is C15H16N2O. The quantitative estimate of drug-likeness (QED) is 0.689. The molecule has 1 heterocycles. The molecule has 3 rings (SSSR count). The largest absolute Gasteiger partial charge is 0.491 e. The Bertz CT molecular complexity index is 672. The lowest BCUT2D eigenvalue weighted by atomic mass is 10.1. The second-order valence-electron chi connectivity index (χ2n) is 4.34. The van der Waals surface area contributed by atoms with Crippen LogP contribution in [-0.4, -0.2) is 18.1 Å². The van der Waals surface area contributed by atoms with Crippen LogP contribution >= 0.6 is 0 Å². The second kappa shape index (κ2) is 4.70. The lowest BCUT2D eigenvalue weighted by molar-refractivity contribution is 0.316. The molecule has 18 heavy (non-hydrogen) atoms. The predicted molar refractivity (Wildman–Crippen MR) is 75.0 cm³/mol. The standard InChI is InChI=1S/C15H16N2O/c16-9-4-10-18-14-8-3-6-12-11-5-1-2-7-13(11)17-15(12)14/h1-3,5-8,17H,4,9-10,16H2. The van der Waals surface area contributed by atoms with Gasteiger partial charge in [0.25, 0.3) is 0 Å². The van der Waals surface area contributed by atoms with Gasteiger partial charge in [0, 0.05) is 16.3 Å². The zero-order valence-electron chi connectivity index (χ0n) is 10.1. The molecule has 3 heteroatoms. The third kappa shape index (κ3) is 1.83. The van der Waals surface area contributed by atoms with Crippen molar-refractivity contribution in [3.05, 3.63) is 42.5 Å². The van der Waals surface area contributed by atoms with E-state index in [0.29, 0.717) is 13.2 Å². The van der Waals surface area contributed by atoms with Crippen molar-refractivity contribution in [2.75, 3.05) is 13.2 Å². The third-order valence-corrected chi connectivity index (χ3v) is 3.11. The lowest BCUT2D eigenvalue weighted by Gasteiger charge is -2.06. The van der Waals surface area contributed by atoms with Gasteiger partial charge in [-0.1, -0.05) is 30.3 Å². The van der Waals surface area contributed by atoms with Gasteiger partial charge in [-0.05, 0) is 25.1 Å². The van der Waals surface area contributed by atoms with Crippen molar-refractivity contribution in [1.29, 1.82) is 0 Å². The van der Waals surface area contributed by atoms with Gasteiger partial charge in [-0.2, -0.15) is 0 Å². The molecule has 3 aromatic rings. The summed E-state index contributed by atoms with van der Waals surface area (Å²) in [6, 6.07) is 14.4. The molecule has 2 aromatic carbocycles. The number of nitrogens with two attached hydrogens (primary N) is 1. The van der Waals surface area contributed by atoms with Crippen LogP contribution in [0, 0.1) is 0 Å². The molecule has 0 aliphatic heterocycles. The number of aromatic nitrogens is 1. The molecule has 3 nitrogen and oxygen atoms in total. The first-order chi connectivity index (χ1) is 8.90. The number of rotatable bonds is 4. The van der Waals surface area contributed by atoms with E-state index in [9.17, 15) is 0 Å². The molecule has 0 unspecified atom stereocenters. The van der Waals surface area contributed by atoms with Crippen molar-refractivity contribution >= 4 is 21.8 Å². The van der Waals surface area contributed by atoms with Crippen LogP contribution in [0.5, 0.6) is 5.75 Å². The maximum absolute atomic E-state index is 5.78. The Morgan fingerprint density at radius 1 is 1.00 bits per heavy atom. The van der Waals surface area contributed by atoms with Gasteiger partial charge >= 0.3 is 0 Å². The summed E-state index contributed by atoms with van der Waals surface area (Å²) in [4.78, 5) is 3.42. The van der Waals surface area contributed by atoms with Crippen LogP contribution in [0.1, 0.15) is 6.42 Å². The Labute approximate surface area is 106 Å². The molecule has 0 saturated heterocycles. The van der Waals surface area contributed by atoms with Crippen LogP contribution in [0.15, 0.2) is 42.5 Å². The monoisotopic (exact) mass is 240 g/mol. The molecule has 0 radical (unpaired) electrons. The molecule has 0 saturated carbocycles. The summed E-state index contributed by atoms with van der Waals surface area (Å²) < 4.78 is 5.78. The van der Waals surface area contributed by atoms with Crippen LogP contribution in [0.2, 0.25) is 0 Å². The maximum Gasteiger partial charge on any atom is 0.143 e. The van der Waals surface area contributed by atoms with E-state index < -0.39 is 0 Å². The van der Waals surface area contributed by atoms with Crippen molar-refractivity contribution in [3.63, 3.8) is 0 Å². The zero-order chi connectivity index (χ0) is 12.4. The molecule has 0 bridgehead atoms. The Morgan fingerprint density at radius 2 is 1.83 bits per heavy atom. The van der Waals surface area contributed by atoms with E-state index in [4.69, 9.17) is 10.5 Å². The first-order valence-electron chi connectivity index (χ1n) is 6.22. The van der Waals surface area contributed by atoms with Gasteiger partial charge in [-0.15, -0.1) is 0 Å². The molecule has 0 atom stereocenters. The second-order valence-corrected chi connectivity index (χ2v) is 4.34. The van der Waals surface area contributed by atoms with Gasteiger partial charge in [0.2, 0.25) is 0 Å². The van der Waals surface area contributed by atoms with E-state index in [0.717, 1.165) is 23.2 Å². The van der Waals surface area contributed by atoms with Gasteiger partial charge in [0.05, 0.1) is 12.1 Å². The van der Waals surface area contributed by atoms with E-state index in [1.165, 1.54) is 10.8 Å². The van der Waals surface area contributed by atoms with Gasteiger partial charge < -0.3 is 15.5 Å². The van der Waals surface area contributed by atoms with E-state index in [1.54, 1.807) is 0 Å². The summed E-state index contributed by atoms with van der Waals surface area (Å²) in [5, 5.41) is 2.44. The molecule has 0 fully saturated rings. The number of H-pyrrole nitrogens is 1. The molecule has 0 aliphatic rings. The summed E-state index contributed by atoms with van der Waals surface area (Å²) in [6.45, 7) is 1.31. The zero-order valence-corrected chi connectivity index (χ0v) is 10.1. The lowest BCUT2D eigenvalue weighted by Crippen LogP contribution is -2.06. The third-order valence-electron chi connectivity index (χ3n) is 3.11. The highest BCUT2D eigenvalue weighted by atomic mass is 16.5. The fraction of sp³-hybridized carbons (Fsp3) is 0.200. The molecule has 3 N–H and O–H groups in total. The highest BCUT2D eigenvalue weighted by molar-refractivity contribution is 6.09. The van der Waals surface area contributed by atoms with Crippen molar-refractivity contribution in [2.24, 2.45) is 5.73 Å². The Kier molecular flexibility index (Phi) is 2.90. The minimum Gasteiger partial charge on any atom is -0.491 e. The minimum atomic E-state index is 0.655. The summed E-state index contributed by atoms with van der Waals surface area (Å²) in [6.07, 6.45) is 0.872. The number of nitrogens with one attached hydrogen (secondary N) is 1. The highest BCUT2D eigenvalue weighted by Gasteiger charge is 2.07. The normalized spacial score (nSPS) is 11.2. The molecule has 92 valence electrons. The van der Waals surface area contributed by atoms with Crippen LogP contribution in [-0.2, 0) is 0 Å². The Hall–Kier alpha value is -2.00. The summed E-state index contributed by atoms with van der Waals surface area (Å²) in [7, 11) is 0. The van der Waals surface area contributed by atoms with Crippen LogP contribution < -0.4 is 10.5 Å². The number of ether oxygens (including phenoxy) is 1. The van der Waals surface area contributed by atoms with E-state index in [2.05, 4.69) is 29.2 Å². The SMILES string of the molecule is NCCCOc1cccc2c1[nH]c1ccccc12. The number of hydrogen-bond donors (Lipinski definition) is 2. The molecular weight excluding hydrogens is 224 g/mol. The van der Waals surface area contributed by atoms with Crippen molar-refractivity contribution in [2.45, 2.75) is 6.42 Å². The highest BCUT2D eigenvalue weighted by Crippen LogP contribution is 2.31. The van der Waals surface area contributed by atoms with Crippen LogP contribution in [0.4, 0.5) is 0 Å². The van der Waals surface area contributed by atoms with Crippen LogP contribution in [0.25, 0.3) is 21.8 Å². The van der Waals surface area contributed by atoms with E-state index in [-0.39, 0.29) is 0 Å². The predicted octanol–water partition coefficient (Wildman–Crippen LogP) is 3.05. The summed E-state index contributed by atoms with van der Waals surface area (Å²) in [5.74, 6) is 0.900. The van der Waals surface area contributed by atoms with Crippen LogP contribution in [0.3, 0.4) is 0 Å². The summed E-state index contributed by atoms with van der Waals surface area (Å²) >= 11 is 0. The number of fused-ring (bicyclic) bond motifs is 3. The van der Waals surface area contributed by atoms with Gasteiger partial charge in [0.15, 0.2) is 0 Å². The van der Waals surface area contributed by atoms with Crippen molar-refractivity contribution in [1.82, 2.24) is 4.98 Å². The first kappa shape index (κ1) is 11.1. The fourth-order valence-corrected chi connectivity index (χ4v) is 2.23.